The molecule has 0 spiro atoms. The highest BCUT2D eigenvalue weighted by atomic mass is 19.4. The molecule has 0 aliphatic carbocycles. The average molecular weight is 382 g/mol. The lowest BCUT2D eigenvalue weighted by Crippen LogP contribution is -2.31. The van der Waals surface area contributed by atoms with E-state index in [2.05, 4.69) is 10.6 Å². The van der Waals surface area contributed by atoms with Crippen LogP contribution in [0.25, 0.3) is 0 Å². The Kier molecular flexibility index (Phi) is 5.02. The molecule has 2 aromatic carbocycles. The van der Waals surface area contributed by atoms with Crippen LogP contribution in [0.5, 0.6) is 5.75 Å². The van der Waals surface area contributed by atoms with E-state index in [-0.39, 0.29) is 23.5 Å². The van der Waals surface area contributed by atoms with Gasteiger partial charge in [-0.15, -0.1) is 0 Å². The summed E-state index contributed by atoms with van der Waals surface area (Å²) in [6, 6.07) is 9.32. The third kappa shape index (κ3) is 4.55. The number of ether oxygens (including phenoxy) is 1. The van der Waals surface area contributed by atoms with Crippen LogP contribution in [0.4, 0.5) is 28.9 Å². The number of carbonyl (C=O) groups is 2. The number of halogens is 4. The Hall–Kier alpha value is -3.10. The maximum Gasteiger partial charge on any atom is 0.422 e. The van der Waals surface area contributed by atoms with Gasteiger partial charge in [0.15, 0.2) is 6.61 Å². The van der Waals surface area contributed by atoms with E-state index in [1.54, 1.807) is 0 Å². The Morgan fingerprint density at radius 2 is 1.96 bits per heavy atom. The van der Waals surface area contributed by atoms with Crippen molar-refractivity contribution < 1.29 is 31.9 Å². The van der Waals surface area contributed by atoms with E-state index in [1.807, 2.05) is 0 Å². The highest BCUT2D eigenvalue weighted by Crippen LogP contribution is 2.35. The summed E-state index contributed by atoms with van der Waals surface area (Å²) in [6.45, 7) is -1.51. The van der Waals surface area contributed by atoms with Crippen molar-refractivity contribution in [3.05, 3.63) is 53.8 Å². The van der Waals surface area contributed by atoms with Crippen molar-refractivity contribution >= 4 is 23.2 Å². The molecule has 0 saturated carbocycles. The Balaban J connectivity index is 1.82. The van der Waals surface area contributed by atoms with Crippen LogP contribution in [0.3, 0.4) is 0 Å². The molecule has 1 heterocycles. The number of nitrogens with one attached hydrogen (secondary N) is 2. The van der Waals surface area contributed by atoms with Gasteiger partial charge in [-0.25, -0.2) is 4.39 Å². The normalized spacial score (nSPS) is 16.3. The van der Waals surface area contributed by atoms with Crippen LogP contribution in [-0.4, -0.2) is 24.6 Å². The maximum atomic E-state index is 13.4. The summed E-state index contributed by atoms with van der Waals surface area (Å²) in [5.41, 5.74) is 0.650. The van der Waals surface area contributed by atoms with Gasteiger partial charge < -0.3 is 15.4 Å². The molecule has 142 valence electrons. The summed E-state index contributed by atoms with van der Waals surface area (Å²) in [6.07, 6.45) is -4.70. The van der Waals surface area contributed by atoms with Gasteiger partial charge in [0, 0.05) is 12.1 Å². The number of hydrogen-bond acceptors (Lipinski definition) is 3. The van der Waals surface area contributed by atoms with E-state index < -0.39 is 36.3 Å². The molecule has 0 fully saturated rings. The van der Waals surface area contributed by atoms with Crippen molar-refractivity contribution in [2.24, 2.45) is 0 Å². The van der Waals surface area contributed by atoms with Crippen LogP contribution in [0.1, 0.15) is 17.9 Å². The zero-order chi connectivity index (χ0) is 19.6. The first-order chi connectivity index (χ1) is 12.7. The first-order valence-corrected chi connectivity index (χ1v) is 7.92. The predicted molar refractivity (Wildman–Crippen MR) is 89.0 cm³/mol. The van der Waals surface area contributed by atoms with Gasteiger partial charge in [0.1, 0.15) is 11.6 Å². The number of anilines is 2. The quantitative estimate of drug-likeness (QED) is 0.790. The van der Waals surface area contributed by atoms with Gasteiger partial charge in [0.2, 0.25) is 11.8 Å². The fraction of sp³-hybridized carbons (Fsp3) is 0.222. The molecule has 0 aromatic heterocycles. The molecule has 3 rings (SSSR count). The smallest absolute Gasteiger partial charge is 0.422 e. The minimum atomic E-state index is -4.53. The number of hydrogen-bond donors (Lipinski definition) is 2. The minimum absolute atomic E-state index is 0.0430. The van der Waals surface area contributed by atoms with Gasteiger partial charge in [-0.1, -0.05) is 18.2 Å². The number of carbonyl (C=O) groups excluding carboxylic acids is 2. The zero-order valence-corrected chi connectivity index (χ0v) is 13.8. The summed E-state index contributed by atoms with van der Waals surface area (Å²) >= 11 is 0. The largest absolute Gasteiger partial charge is 0.482 e. The lowest BCUT2D eigenvalue weighted by Gasteiger charge is -2.25. The second kappa shape index (κ2) is 7.26. The molecule has 1 aliphatic heterocycles. The standard InChI is InChI=1S/C18H14F4N2O3/c19-10-5-6-11-12(8-16(25)23-14(11)7-10)17(26)24-13-3-1-2-4-15(13)27-9-18(20,21)22/h1-7,12H,8-9H2,(H,23,25)(H,24,26). The molecule has 9 heteroatoms. The number of amides is 2. The topological polar surface area (TPSA) is 67.4 Å². The summed E-state index contributed by atoms with van der Waals surface area (Å²) in [5.74, 6) is -2.70. The van der Waals surface area contributed by atoms with Crippen molar-refractivity contribution in [3.63, 3.8) is 0 Å². The third-order valence-corrected chi connectivity index (χ3v) is 3.91. The molecule has 2 amide bonds. The molecule has 1 aliphatic rings. The van der Waals surface area contributed by atoms with Gasteiger partial charge in [-0.3, -0.25) is 9.59 Å². The van der Waals surface area contributed by atoms with E-state index in [4.69, 9.17) is 4.74 Å². The summed E-state index contributed by atoms with van der Waals surface area (Å²) in [4.78, 5) is 24.5. The Morgan fingerprint density at radius 1 is 1.22 bits per heavy atom. The Bertz CT molecular complexity index is 883. The molecule has 0 radical (unpaired) electrons. The number of alkyl halides is 3. The third-order valence-electron chi connectivity index (χ3n) is 3.91. The van der Waals surface area contributed by atoms with Crippen LogP contribution in [0.15, 0.2) is 42.5 Å². The number of benzene rings is 2. The minimum Gasteiger partial charge on any atom is -0.482 e. The molecule has 0 bridgehead atoms. The monoisotopic (exact) mass is 382 g/mol. The van der Waals surface area contributed by atoms with Crippen LogP contribution >= 0.6 is 0 Å². The van der Waals surface area contributed by atoms with E-state index in [9.17, 15) is 27.2 Å². The van der Waals surface area contributed by atoms with E-state index >= 15 is 0 Å². The number of fused-ring (bicyclic) bond motifs is 1. The van der Waals surface area contributed by atoms with E-state index in [1.165, 1.54) is 30.3 Å². The Morgan fingerprint density at radius 3 is 2.70 bits per heavy atom. The number of para-hydroxylation sites is 2. The van der Waals surface area contributed by atoms with Gasteiger partial charge in [-0.2, -0.15) is 13.2 Å². The van der Waals surface area contributed by atoms with E-state index in [0.29, 0.717) is 5.56 Å². The van der Waals surface area contributed by atoms with Gasteiger partial charge >= 0.3 is 6.18 Å². The van der Waals surface area contributed by atoms with E-state index in [0.717, 1.165) is 12.1 Å². The van der Waals surface area contributed by atoms with Crippen LogP contribution in [-0.2, 0) is 9.59 Å². The van der Waals surface area contributed by atoms with Crippen molar-refractivity contribution in [2.45, 2.75) is 18.5 Å². The second-order valence-electron chi connectivity index (χ2n) is 5.93. The summed E-state index contributed by atoms with van der Waals surface area (Å²) < 4.78 is 55.2. The van der Waals surface area contributed by atoms with Crippen molar-refractivity contribution in [2.75, 3.05) is 17.2 Å². The van der Waals surface area contributed by atoms with Gasteiger partial charge in [-0.05, 0) is 29.8 Å². The zero-order valence-electron chi connectivity index (χ0n) is 13.8. The molecule has 5 nitrogen and oxygen atoms in total. The van der Waals surface area contributed by atoms with Gasteiger partial charge in [0.05, 0.1) is 11.6 Å². The van der Waals surface area contributed by atoms with Crippen molar-refractivity contribution in [3.8, 4) is 5.75 Å². The van der Waals surface area contributed by atoms with Crippen molar-refractivity contribution in [1.29, 1.82) is 0 Å². The molecule has 2 N–H and O–H groups in total. The Labute approximate surface area is 151 Å². The van der Waals surface area contributed by atoms with Crippen LogP contribution in [0, 0.1) is 5.82 Å². The average Bonchev–Trinajstić information content (AvgIpc) is 2.59. The SMILES string of the molecule is O=C1CC(C(=O)Nc2ccccc2OCC(F)(F)F)c2ccc(F)cc2N1. The second-order valence-corrected chi connectivity index (χ2v) is 5.93. The fourth-order valence-corrected chi connectivity index (χ4v) is 2.75. The highest BCUT2D eigenvalue weighted by molar-refractivity contribution is 6.05. The molecule has 2 aromatic rings. The summed E-state index contributed by atoms with van der Waals surface area (Å²) in [5, 5.41) is 4.98. The highest BCUT2D eigenvalue weighted by Gasteiger charge is 2.32. The molecule has 27 heavy (non-hydrogen) atoms. The molecular weight excluding hydrogens is 368 g/mol. The molecule has 0 saturated heterocycles. The predicted octanol–water partition coefficient (Wildman–Crippen LogP) is 3.83. The van der Waals surface area contributed by atoms with Crippen molar-refractivity contribution in [1.82, 2.24) is 0 Å². The van der Waals surface area contributed by atoms with Crippen LogP contribution in [0.2, 0.25) is 0 Å². The summed E-state index contributed by atoms with van der Waals surface area (Å²) in [7, 11) is 0. The molecule has 1 unspecified atom stereocenters. The first-order valence-electron chi connectivity index (χ1n) is 7.92. The fourth-order valence-electron chi connectivity index (χ4n) is 2.75. The molecular formula is C18H14F4N2O3. The number of rotatable bonds is 4. The first kappa shape index (κ1) is 18.7. The van der Waals surface area contributed by atoms with Gasteiger partial charge in [0.25, 0.3) is 0 Å². The lowest BCUT2D eigenvalue weighted by molar-refractivity contribution is -0.153. The maximum absolute atomic E-state index is 13.4. The lowest BCUT2D eigenvalue weighted by atomic mass is 9.89. The molecule has 1 atom stereocenters. The van der Waals surface area contributed by atoms with Crippen LogP contribution < -0.4 is 15.4 Å².